The minimum Gasteiger partial charge on any atom is -0.480 e. The summed E-state index contributed by atoms with van der Waals surface area (Å²) in [7, 11) is 0. The molecule has 0 bridgehead atoms. The van der Waals surface area contributed by atoms with Gasteiger partial charge in [-0.05, 0) is 6.42 Å². The number of carbonyl (C=O) groups excluding carboxylic acids is 1. The number of nitrogens with zero attached hydrogens (tertiary/aromatic N) is 2. The predicted octanol–water partition coefficient (Wildman–Crippen LogP) is -0.125. The normalized spacial score (nSPS) is 19.9. The first kappa shape index (κ1) is 13.5. The molecule has 104 valence electrons. The number of H-pyrrole nitrogens is 1. The molecule has 1 aromatic rings. The van der Waals surface area contributed by atoms with E-state index in [-0.39, 0.29) is 31.3 Å². The van der Waals surface area contributed by atoms with Crippen LogP contribution in [0.15, 0.2) is 6.33 Å². The molecule has 0 radical (unpaired) electrons. The molecule has 1 aliphatic rings. The minimum atomic E-state index is -1.01. The standard InChI is InChI=1S/C12H18N4O3/c1-2-7(13)3-11(17)16-5-9-8(14-6-15-9)4-10(16)12(18)19/h6-7,10H,2-5,13H2,1H3,(H,14,15)(H,18,19). The van der Waals surface area contributed by atoms with Gasteiger partial charge in [0, 0.05) is 18.9 Å². The van der Waals surface area contributed by atoms with E-state index in [4.69, 9.17) is 5.73 Å². The molecular formula is C12H18N4O3. The number of nitrogens with one attached hydrogen (secondary N) is 1. The van der Waals surface area contributed by atoms with Crippen LogP contribution in [0.4, 0.5) is 0 Å². The fraction of sp³-hybridized carbons (Fsp3) is 0.583. The number of aromatic nitrogens is 2. The Labute approximate surface area is 110 Å². The van der Waals surface area contributed by atoms with Gasteiger partial charge in [0.25, 0.3) is 0 Å². The first-order valence-electron chi connectivity index (χ1n) is 6.31. The lowest BCUT2D eigenvalue weighted by atomic mass is 10.0. The Morgan fingerprint density at radius 3 is 3.05 bits per heavy atom. The van der Waals surface area contributed by atoms with Gasteiger partial charge in [-0.25, -0.2) is 9.78 Å². The summed E-state index contributed by atoms with van der Waals surface area (Å²) in [4.78, 5) is 31.8. The van der Waals surface area contributed by atoms with Crippen molar-refractivity contribution in [2.24, 2.45) is 5.73 Å². The van der Waals surface area contributed by atoms with Crippen molar-refractivity contribution in [3.63, 3.8) is 0 Å². The number of aliphatic carboxylic acids is 1. The number of carbonyl (C=O) groups is 2. The Morgan fingerprint density at radius 2 is 2.42 bits per heavy atom. The highest BCUT2D eigenvalue weighted by atomic mass is 16.4. The molecule has 1 amide bonds. The summed E-state index contributed by atoms with van der Waals surface area (Å²) in [5.74, 6) is -1.23. The quantitative estimate of drug-likeness (QED) is 0.703. The molecule has 0 aliphatic carbocycles. The van der Waals surface area contributed by atoms with Crippen molar-refractivity contribution >= 4 is 11.9 Å². The van der Waals surface area contributed by atoms with E-state index >= 15 is 0 Å². The summed E-state index contributed by atoms with van der Waals surface area (Å²) in [5, 5.41) is 9.25. The lowest BCUT2D eigenvalue weighted by Gasteiger charge is -2.33. The highest BCUT2D eigenvalue weighted by Crippen LogP contribution is 2.22. The molecule has 7 nitrogen and oxygen atoms in total. The second kappa shape index (κ2) is 5.40. The fourth-order valence-electron chi connectivity index (χ4n) is 2.20. The number of hydrogen-bond acceptors (Lipinski definition) is 4. The Kier molecular flexibility index (Phi) is 3.84. The third-order valence-electron chi connectivity index (χ3n) is 3.47. The second-order valence-electron chi connectivity index (χ2n) is 4.78. The molecule has 7 heteroatoms. The highest BCUT2D eigenvalue weighted by Gasteiger charge is 2.35. The number of nitrogens with two attached hydrogens (primary N) is 1. The maximum atomic E-state index is 12.2. The molecule has 0 saturated heterocycles. The van der Waals surface area contributed by atoms with E-state index in [1.807, 2.05) is 6.92 Å². The van der Waals surface area contributed by atoms with Crippen LogP contribution in [0.2, 0.25) is 0 Å². The zero-order chi connectivity index (χ0) is 14.0. The van der Waals surface area contributed by atoms with Gasteiger partial charge in [0.05, 0.1) is 24.3 Å². The molecular weight excluding hydrogens is 248 g/mol. The summed E-state index contributed by atoms with van der Waals surface area (Å²) in [6.45, 7) is 2.15. The maximum absolute atomic E-state index is 12.2. The van der Waals surface area contributed by atoms with E-state index in [9.17, 15) is 14.7 Å². The van der Waals surface area contributed by atoms with Gasteiger partial charge in [0.1, 0.15) is 6.04 Å². The van der Waals surface area contributed by atoms with Crippen LogP contribution in [0.1, 0.15) is 31.2 Å². The van der Waals surface area contributed by atoms with Crippen molar-refractivity contribution in [2.75, 3.05) is 0 Å². The van der Waals surface area contributed by atoms with Gasteiger partial charge in [-0.3, -0.25) is 4.79 Å². The van der Waals surface area contributed by atoms with Crippen molar-refractivity contribution in [2.45, 2.75) is 44.8 Å². The van der Waals surface area contributed by atoms with Crippen LogP contribution in [-0.4, -0.2) is 43.9 Å². The average Bonchev–Trinajstić information content (AvgIpc) is 2.83. The van der Waals surface area contributed by atoms with Crippen LogP contribution in [0, 0.1) is 0 Å². The SMILES string of the molecule is CCC(N)CC(=O)N1Cc2[nH]cnc2CC1C(=O)O. The van der Waals surface area contributed by atoms with Crippen LogP contribution in [0.3, 0.4) is 0 Å². The molecule has 1 aromatic heterocycles. The zero-order valence-corrected chi connectivity index (χ0v) is 10.8. The molecule has 19 heavy (non-hydrogen) atoms. The van der Waals surface area contributed by atoms with Crippen LogP contribution in [-0.2, 0) is 22.6 Å². The van der Waals surface area contributed by atoms with E-state index < -0.39 is 12.0 Å². The largest absolute Gasteiger partial charge is 0.480 e. The first-order valence-corrected chi connectivity index (χ1v) is 6.31. The molecule has 1 aliphatic heterocycles. The van der Waals surface area contributed by atoms with E-state index in [0.717, 1.165) is 11.4 Å². The number of imidazole rings is 1. The van der Waals surface area contributed by atoms with Gasteiger partial charge >= 0.3 is 5.97 Å². The maximum Gasteiger partial charge on any atom is 0.326 e. The van der Waals surface area contributed by atoms with Crippen molar-refractivity contribution in [3.8, 4) is 0 Å². The number of aromatic amines is 1. The summed E-state index contributed by atoms with van der Waals surface area (Å²) >= 11 is 0. The first-order chi connectivity index (χ1) is 9.02. The van der Waals surface area contributed by atoms with Crippen LogP contribution in [0.5, 0.6) is 0 Å². The van der Waals surface area contributed by atoms with Crippen molar-refractivity contribution < 1.29 is 14.7 Å². The Bertz CT molecular complexity index is 485. The molecule has 2 rings (SSSR count). The number of carboxylic acids is 1. The number of amides is 1. The number of rotatable bonds is 4. The molecule has 0 aromatic carbocycles. The van der Waals surface area contributed by atoms with Crippen LogP contribution < -0.4 is 5.73 Å². The molecule has 0 saturated carbocycles. The topological polar surface area (TPSA) is 112 Å². The molecule has 4 N–H and O–H groups in total. The summed E-state index contributed by atoms with van der Waals surface area (Å²) in [5.41, 5.74) is 7.28. The second-order valence-corrected chi connectivity index (χ2v) is 4.78. The van der Waals surface area contributed by atoms with Gasteiger partial charge < -0.3 is 20.7 Å². The zero-order valence-electron chi connectivity index (χ0n) is 10.8. The van der Waals surface area contributed by atoms with E-state index in [1.54, 1.807) is 0 Å². The Hall–Kier alpha value is -1.89. The summed E-state index contributed by atoms with van der Waals surface area (Å²) in [6.07, 6.45) is 2.62. The van der Waals surface area contributed by atoms with E-state index in [2.05, 4.69) is 9.97 Å². The molecule has 2 atom stereocenters. The Morgan fingerprint density at radius 1 is 1.68 bits per heavy atom. The van der Waals surface area contributed by atoms with E-state index in [1.165, 1.54) is 11.2 Å². The lowest BCUT2D eigenvalue weighted by molar-refractivity contribution is -0.151. The van der Waals surface area contributed by atoms with Crippen molar-refractivity contribution in [3.05, 3.63) is 17.7 Å². The van der Waals surface area contributed by atoms with Gasteiger partial charge in [-0.1, -0.05) is 6.92 Å². The van der Waals surface area contributed by atoms with Crippen LogP contribution >= 0.6 is 0 Å². The molecule has 0 spiro atoms. The minimum absolute atomic E-state index is 0.170. The molecule has 2 heterocycles. The third kappa shape index (κ3) is 2.76. The van der Waals surface area contributed by atoms with Gasteiger partial charge in [-0.15, -0.1) is 0 Å². The van der Waals surface area contributed by atoms with E-state index in [0.29, 0.717) is 6.42 Å². The lowest BCUT2D eigenvalue weighted by Crippen LogP contribution is -2.49. The van der Waals surface area contributed by atoms with Crippen molar-refractivity contribution in [1.82, 2.24) is 14.9 Å². The van der Waals surface area contributed by atoms with Crippen LogP contribution in [0.25, 0.3) is 0 Å². The fourth-order valence-corrected chi connectivity index (χ4v) is 2.20. The number of carboxylic acid groups (broad SMARTS) is 1. The van der Waals surface area contributed by atoms with Gasteiger partial charge in [0.2, 0.25) is 5.91 Å². The monoisotopic (exact) mass is 266 g/mol. The summed E-state index contributed by atoms with van der Waals surface area (Å²) in [6, 6.07) is -1.09. The average molecular weight is 266 g/mol. The number of fused-ring (bicyclic) bond motifs is 1. The molecule has 2 unspecified atom stereocenters. The predicted molar refractivity (Wildman–Crippen MR) is 67.1 cm³/mol. The highest BCUT2D eigenvalue weighted by molar-refractivity contribution is 5.84. The molecule has 0 fully saturated rings. The number of hydrogen-bond donors (Lipinski definition) is 3. The smallest absolute Gasteiger partial charge is 0.326 e. The summed E-state index contributed by atoms with van der Waals surface area (Å²) < 4.78 is 0. The van der Waals surface area contributed by atoms with Gasteiger partial charge in [-0.2, -0.15) is 0 Å². The van der Waals surface area contributed by atoms with Crippen molar-refractivity contribution in [1.29, 1.82) is 0 Å². The Balaban J connectivity index is 2.17. The third-order valence-corrected chi connectivity index (χ3v) is 3.47. The van der Waals surface area contributed by atoms with Gasteiger partial charge in [0.15, 0.2) is 0 Å².